The van der Waals surface area contributed by atoms with Gasteiger partial charge in [0, 0.05) is 13.6 Å². The number of benzene rings is 1. The van der Waals surface area contributed by atoms with Crippen LogP contribution >= 0.6 is 11.6 Å². The molecule has 2 aromatic rings. The Balaban J connectivity index is 2.13. The Morgan fingerprint density at radius 2 is 1.94 bits per heavy atom. The predicted octanol–water partition coefficient (Wildman–Crippen LogP) is 3.21. The molecule has 3 nitrogen and oxygen atoms in total. The molecular weight excluding hydrogens is 253 g/mol. The Hall–Kier alpha value is -1.68. The molecule has 0 amide bonds. The summed E-state index contributed by atoms with van der Waals surface area (Å²) in [4.78, 5) is 10.0. The van der Waals surface area contributed by atoms with E-state index in [0.29, 0.717) is 23.1 Å². The van der Waals surface area contributed by atoms with Crippen LogP contribution in [0, 0.1) is 12.7 Å². The van der Waals surface area contributed by atoms with Crippen LogP contribution in [0.3, 0.4) is 0 Å². The monoisotopic (exact) mass is 265 g/mol. The van der Waals surface area contributed by atoms with Crippen molar-refractivity contribution in [2.24, 2.45) is 0 Å². The van der Waals surface area contributed by atoms with Gasteiger partial charge in [0.25, 0.3) is 0 Å². The topological polar surface area (TPSA) is 29.0 Å². The first-order valence-electron chi connectivity index (χ1n) is 5.50. The summed E-state index contributed by atoms with van der Waals surface area (Å²) >= 11 is 5.72. The molecule has 94 valence electrons. The molecule has 0 aliphatic carbocycles. The van der Waals surface area contributed by atoms with Crippen LogP contribution in [-0.4, -0.2) is 17.0 Å². The second-order valence-corrected chi connectivity index (χ2v) is 4.58. The van der Waals surface area contributed by atoms with Gasteiger partial charge in [0.05, 0.1) is 17.4 Å². The summed E-state index contributed by atoms with van der Waals surface area (Å²) < 4.78 is 13.4. The third kappa shape index (κ3) is 2.96. The lowest BCUT2D eigenvalue weighted by Crippen LogP contribution is -2.19. The zero-order valence-electron chi connectivity index (χ0n) is 10.2. The number of halogens is 2. The van der Waals surface area contributed by atoms with Crippen LogP contribution in [0.1, 0.15) is 11.1 Å². The molecule has 0 saturated heterocycles. The van der Waals surface area contributed by atoms with Gasteiger partial charge in [-0.2, -0.15) is 0 Å². The van der Waals surface area contributed by atoms with Crippen LogP contribution in [0.5, 0.6) is 0 Å². The molecular formula is C13H13ClFN3. The van der Waals surface area contributed by atoms with Crippen molar-refractivity contribution < 1.29 is 4.39 Å². The number of hydrogen-bond donors (Lipinski definition) is 0. The van der Waals surface area contributed by atoms with Gasteiger partial charge >= 0.3 is 0 Å². The first-order chi connectivity index (χ1) is 8.56. The number of rotatable bonds is 3. The number of nitrogens with zero attached hydrogens (tertiary/aromatic N) is 3. The quantitative estimate of drug-likeness (QED) is 0.853. The van der Waals surface area contributed by atoms with Crippen molar-refractivity contribution >= 4 is 17.5 Å². The van der Waals surface area contributed by atoms with E-state index in [0.717, 1.165) is 5.56 Å². The van der Waals surface area contributed by atoms with Crippen molar-refractivity contribution in [1.82, 2.24) is 9.97 Å². The highest BCUT2D eigenvalue weighted by Crippen LogP contribution is 2.14. The fourth-order valence-electron chi connectivity index (χ4n) is 1.58. The van der Waals surface area contributed by atoms with E-state index in [2.05, 4.69) is 9.97 Å². The molecule has 0 aliphatic rings. The van der Waals surface area contributed by atoms with E-state index >= 15 is 0 Å². The van der Waals surface area contributed by atoms with Crippen LogP contribution < -0.4 is 4.90 Å². The highest BCUT2D eigenvalue weighted by Gasteiger charge is 2.06. The minimum Gasteiger partial charge on any atom is -0.340 e. The van der Waals surface area contributed by atoms with E-state index in [4.69, 9.17) is 11.6 Å². The number of aromatic nitrogens is 2. The maximum Gasteiger partial charge on any atom is 0.225 e. The standard InChI is InChI=1S/C13H13ClFN3/c1-9-3-4-10(5-12(9)15)8-18(2)13-16-6-11(14)7-17-13/h3-7H,8H2,1-2H3. The molecule has 1 heterocycles. The van der Waals surface area contributed by atoms with Crippen LogP contribution in [0.25, 0.3) is 0 Å². The van der Waals surface area contributed by atoms with Gasteiger partial charge in [-0.1, -0.05) is 23.7 Å². The first-order valence-corrected chi connectivity index (χ1v) is 5.88. The second-order valence-electron chi connectivity index (χ2n) is 4.14. The fraction of sp³-hybridized carbons (Fsp3) is 0.231. The van der Waals surface area contributed by atoms with Crippen molar-refractivity contribution in [3.8, 4) is 0 Å². The van der Waals surface area contributed by atoms with E-state index in [-0.39, 0.29) is 5.82 Å². The third-order valence-electron chi connectivity index (χ3n) is 2.60. The first kappa shape index (κ1) is 12.8. The zero-order chi connectivity index (χ0) is 13.1. The molecule has 0 aliphatic heterocycles. The largest absolute Gasteiger partial charge is 0.340 e. The average Bonchev–Trinajstić information content (AvgIpc) is 2.34. The Morgan fingerprint density at radius 1 is 1.28 bits per heavy atom. The SMILES string of the molecule is Cc1ccc(CN(C)c2ncc(Cl)cn2)cc1F. The van der Waals surface area contributed by atoms with Crippen molar-refractivity contribution in [3.63, 3.8) is 0 Å². The molecule has 0 unspecified atom stereocenters. The highest BCUT2D eigenvalue weighted by molar-refractivity contribution is 6.30. The fourth-order valence-corrected chi connectivity index (χ4v) is 1.68. The van der Waals surface area contributed by atoms with Gasteiger partial charge in [-0.05, 0) is 24.1 Å². The average molecular weight is 266 g/mol. The highest BCUT2D eigenvalue weighted by atomic mass is 35.5. The normalized spacial score (nSPS) is 10.4. The molecule has 0 radical (unpaired) electrons. The lowest BCUT2D eigenvalue weighted by molar-refractivity contribution is 0.615. The van der Waals surface area contributed by atoms with Gasteiger partial charge in [-0.25, -0.2) is 14.4 Å². The van der Waals surface area contributed by atoms with E-state index in [1.54, 1.807) is 13.0 Å². The van der Waals surface area contributed by atoms with Crippen molar-refractivity contribution in [2.75, 3.05) is 11.9 Å². The number of anilines is 1. The molecule has 0 N–H and O–H groups in total. The zero-order valence-corrected chi connectivity index (χ0v) is 10.9. The molecule has 0 bridgehead atoms. The van der Waals surface area contributed by atoms with E-state index in [9.17, 15) is 4.39 Å². The molecule has 0 atom stereocenters. The lowest BCUT2D eigenvalue weighted by Gasteiger charge is -2.17. The minimum absolute atomic E-state index is 0.196. The van der Waals surface area contributed by atoms with Gasteiger partial charge in [0.15, 0.2) is 0 Å². The van der Waals surface area contributed by atoms with Gasteiger partial charge in [-0.3, -0.25) is 0 Å². The van der Waals surface area contributed by atoms with Crippen molar-refractivity contribution in [2.45, 2.75) is 13.5 Å². The Bertz CT molecular complexity index is 542. The summed E-state index contributed by atoms with van der Waals surface area (Å²) in [5.74, 6) is 0.360. The van der Waals surface area contributed by atoms with Crippen LogP contribution in [0.4, 0.5) is 10.3 Å². The molecule has 0 spiro atoms. The lowest BCUT2D eigenvalue weighted by atomic mass is 10.1. The molecule has 1 aromatic carbocycles. The molecule has 18 heavy (non-hydrogen) atoms. The summed E-state index contributed by atoms with van der Waals surface area (Å²) in [7, 11) is 1.85. The predicted molar refractivity (Wildman–Crippen MR) is 70.3 cm³/mol. The van der Waals surface area contributed by atoms with Crippen LogP contribution in [0.15, 0.2) is 30.6 Å². The van der Waals surface area contributed by atoms with E-state index < -0.39 is 0 Å². The van der Waals surface area contributed by atoms with E-state index in [1.165, 1.54) is 18.5 Å². The van der Waals surface area contributed by atoms with Crippen molar-refractivity contribution in [1.29, 1.82) is 0 Å². The molecule has 2 rings (SSSR count). The van der Waals surface area contributed by atoms with Gasteiger partial charge in [0.1, 0.15) is 5.82 Å². The molecule has 0 fully saturated rings. The van der Waals surface area contributed by atoms with Crippen LogP contribution in [0.2, 0.25) is 5.02 Å². The molecule has 5 heteroatoms. The van der Waals surface area contributed by atoms with Crippen LogP contribution in [-0.2, 0) is 6.54 Å². The molecule has 1 aromatic heterocycles. The number of hydrogen-bond acceptors (Lipinski definition) is 3. The summed E-state index contributed by atoms with van der Waals surface area (Å²) in [6.45, 7) is 2.28. The summed E-state index contributed by atoms with van der Waals surface area (Å²) in [6.07, 6.45) is 3.08. The van der Waals surface area contributed by atoms with E-state index in [1.807, 2.05) is 18.0 Å². The van der Waals surface area contributed by atoms with Gasteiger partial charge in [0.2, 0.25) is 5.95 Å². The summed E-state index contributed by atoms with van der Waals surface area (Å²) in [5.41, 5.74) is 1.52. The maximum atomic E-state index is 13.4. The summed E-state index contributed by atoms with van der Waals surface area (Å²) in [5, 5.41) is 0.494. The minimum atomic E-state index is -0.196. The summed E-state index contributed by atoms with van der Waals surface area (Å²) in [6, 6.07) is 5.19. The van der Waals surface area contributed by atoms with Gasteiger partial charge < -0.3 is 4.90 Å². The Kier molecular flexibility index (Phi) is 3.77. The third-order valence-corrected chi connectivity index (χ3v) is 2.80. The molecule has 0 saturated carbocycles. The van der Waals surface area contributed by atoms with Crippen molar-refractivity contribution in [3.05, 3.63) is 52.6 Å². The Morgan fingerprint density at radius 3 is 2.56 bits per heavy atom. The Labute approximate surface area is 110 Å². The number of aryl methyl sites for hydroxylation is 1. The van der Waals surface area contributed by atoms with Gasteiger partial charge in [-0.15, -0.1) is 0 Å². The second kappa shape index (κ2) is 5.31. The maximum absolute atomic E-state index is 13.4. The smallest absolute Gasteiger partial charge is 0.225 e.